The van der Waals surface area contributed by atoms with Crippen LogP contribution in [-0.2, 0) is 16.0 Å². The van der Waals surface area contributed by atoms with E-state index in [1.54, 1.807) is 0 Å². The van der Waals surface area contributed by atoms with Gasteiger partial charge in [0.25, 0.3) is 0 Å². The van der Waals surface area contributed by atoms with Crippen molar-refractivity contribution in [3.63, 3.8) is 0 Å². The molecule has 2 N–H and O–H groups in total. The Bertz CT molecular complexity index is 463. The molecule has 0 amide bonds. The number of hydrogen-bond donors (Lipinski definition) is 1. The lowest BCUT2D eigenvalue weighted by Gasteiger charge is -2.36. The quantitative estimate of drug-likeness (QED) is 0.883. The minimum absolute atomic E-state index is 0.213. The zero-order valence-electron chi connectivity index (χ0n) is 10.5. The Balaban J connectivity index is 1.66. The molecule has 3 heteroatoms. The van der Waals surface area contributed by atoms with E-state index in [0.29, 0.717) is 38.4 Å². The number of nitrogens with two attached hydrogens (primary N) is 1. The molecule has 1 heterocycles. The molecular weight excluding hydrogens is 226 g/mol. The average Bonchev–Trinajstić information content (AvgIpc) is 2.36. The van der Waals surface area contributed by atoms with Crippen molar-refractivity contribution in [1.82, 2.24) is 0 Å². The van der Waals surface area contributed by atoms with Gasteiger partial charge in [0.05, 0.1) is 5.54 Å². The number of fused-ring (bicyclic) bond motifs is 1. The van der Waals surface area contributed by atoms with Crippen LogP contribution in [0.2, 0.25) is 0 Å². The van der Waals surface area contributed by atoms with Gasteiger partial charge in [-0.2, -0.15) is 0 Å². The van der Waals surface area contributed by atoms with Crippen LogP contribution < -0.4 is 5.73 Å². The van der Waals surface area contributed by atoms with E-state index >= 15 is 0 Å². The maximum absolute atomic E-state index is 12.4. The molecule has 1 aliphatic heterocycles. The summed E-state index contributed by atoms with van der Waals surface area (Å²) in [5.74, 6) is 0.599. The number of carbonyl (C=O) groups is 1. The molecule has 0 bridgehead atoms. The van der Waals surface area contributed by atoms with Crippen molar-refractivity contribution in [2.45, 2.75) is 37.1 Å². The molecule has 1 aromatic rings. The number of ketones is 1. The number of benzene rings is 1. The van der Waals surface area contributed by atoms with Crippen LogP contribution in [0.1, 0.15) is 36.3 Å². The zero-order valence-corrected chi connectivity index (χ0v) is 10.5. The van der Waals surface area contributed by atoms with Crippen LogP contribution in [0.25, 0.3) is 0 Å². The smallest absolute Gasteiger partial charge is 0.153 e. The molecule has 0 radical (unpaired) electrons. The molecule has 1 aromatic carbocycles. The van der Waals surface area contributed by atoms with E-state index < -0.39 is 5.54 Å². The SMILES string of the molecule is NC1(C(=O)CC2Cc3ccccc32)CCOCC1. The lowest BCUT2D eigenvalue weighted by Crippen LogP contribution is -2.52. The zero-order chi connectivity index (χ0) is 12.6. The molecule has 1 saturated heterocycles. The van der Waals surface area contributed by atoms with Crippen molar-refractivity contribution in [2.75, 3.05) is 13.2 Å². The standard InChI is InChI=1S/C15H19NO2/c16-15(5-7-18-8-6-15)14(17)10-12-9-11-3-1-2-4-13(11)12/h1-4,12H,5-10,16H2. The summed E-state index contributed by atoms with van der Waals surface area (Å²) in [6.45, 7) is 1.23. The fourth-order valence-electron chi connectivity index (χ4n) is 2.99. The molecule has 1 aliphatic carbocycles. The fraction of sp³-hybridized carbons (Fsp3) is 0.533. The van der Waals surface area contributed by atoms with Gasteiger partial charge in [-0.15, -0.1) is 0 Å². The van der Waals surface area contributed by atoms with E-state index in [9.17, 15) is 4.79 Å². The largest absolute Gasteiger partial charge is 0.381 e. The first-order chi connectivity index (χ1) is 8.69. The van der Waals surface area contributed by atoms with Crippen molar-refractivity contribution < 1.29 is 9.53 Å². The summed E-state index contributed by atoms with van der Waals surface area (Å²) in [6.07, 6.45) is 2.95. The van der Waals surface area contributed by atoms with Crippen LogP contribution in [-0.4, -0.2) is 24.5 Å². The van der Waals surface area contributed by atoms with Crippen molar-refractivity contribution in [3.8, 4) is 0 Å². The summed E-state index contributed by atoms with van der Waals surface area (Å²) >= 11 is 0. The monoisotopic (exact) mass is 245 g/mol. The van der Waals surface area contributed by atoms with Crippen LogP contribution in [0, 0.1) is 0 Å². The first-order valence-electron chi connectivity index (χ1n) is 6.67. The maximum atomic E-state index is 12.4. The Kier molecular flexibility index (Phi) is 2.96. The average molecular weight is 245 g/mol. The predicted octanol–water partition coefficient (Wildman–Crippen LogP) is 1.79. The maximum Gasteiger partial charge on any atom is 0.153 e. The van der Waals surface area contributed by atoms with Gasteiger partial charge in [-0.05, 0) is 36.3 Å². The summed E-state index contributed by atoms with van der Waals surface area (Å²) in [5.41, 5.74) is 8.30. The molecule has 1 fully saturated rings. The normalized spacial score (nSPS) is 25.1. The molecule has 3 nitrogen and oxygen atoms in total. The Morgan fingerprint density at radius 2 is 2.06 bits per heavy atom. The molecular formula is C15H19NO2. The van der Waals surface area contributed by atoms with Gasteiger partial charge in [0.2, 0.25) is 0 Å². The third-order valence-corrected chi connectivity index (χ3v) is 4.33. The Morgan fingerprint density at radius 3 is 2.78 bits per heavy atom. The van der Waals surface area contributed by atoms with Gasteiger partial charge in [0, 0.05) is 19.6 Å². The molecule has 18 heavy (non-hydrogen) atoms. The predicted molar refractivity (Wildman–Crippen MR) is 69.5 cm³/mol. The first-order valence-corrected chi connectivity index (χ1v) is 6.67. The van der Waals surface area contributed by atoms with Crippen LogP contribution in [0.3, 0.4) is 0 Å². The first kappa shape index (κ1) is 11.9. The fourth-order valence-corrected chi connectivity index (χ4v) is 2.99. The molecule has 0 spiro atoms. The summed E-state index contributed by atoms with van der Waals surface area (Å²) in [6, 6.07) is 8.37. The molecule has 3 rings (SSSR count). The second-order valence-electron chi connectivity index (χ2n) is 5.50. The van der Waals surface area contributed by atoms with Crippen LogP contribution in [0.4, 0.5) is 0 Å². The number of hydrogen-bond acceptors (Lipinski definition) is 3. The molecule has 96 valence electrons. The van der Waals surface area contributed by atoms with Crippen molar-refractivity contribution in [3.05, 3.63) is 35.4 Å². The van der Waals surface area contributed by atoms with Gasteiger partial charge in [-0.3, -0.25) is 4.79 Å². The third-order valence-electron chi connectivity index (χ3n) is 4.33. The highest BCUT2D eigenvalue weighted by molar-refractivity contribution is 5.89. The summed E-state index contributed by atoms with van der Waals surface area (Å²) < 4.78 is 5.28. The second kappa shape index (κ2) is 4.48. The summed E-state index contributed by atoms with van der Waals surface area (Å²) in [7, 11) is 0. The highest BCUT2D eigenvalue weighted by atomic mass is 16.5. The second-order valence-corrected chi connectivity index (χ2v) is 5.50. The van der Waals surface area contributed by atoms with Crippen molar-refractivity contribution in [1.29, 1.82) is 0 Å². The van der Waals surface area contributed by atoms with E-state index in [0.717, 1.165) is 6.42 Å². The Labute approximate surface area is 107 Å². The van der Waals surface area contributed by atoms with E-state index in [1.807, 2.05) is 6.07 Å². The van der Waals surface area contributed by atoms with Crippen molar-refractivity contribution in [2.24, 2.45) is 5.73 Å². The van der Waals surface area contributed by atoms with Gasteiger partial charge in [0.15, 0.2) is 5.78 Å². The topological polar surface area (TPSA) is 52.3 Å². The van der Waals surface area contributed by atoms with E-state index in [4.69, 9.17) is 10.5 Å². The van der Waals surface area contributed by atoms with Crippen LogP contribution >= 0.6 is 0 Å². The molecule has 0 aromatic heterocycles. The van der Waals surface area contributed by atoms with Crippen LogP contribution in [0.15, 0.2) is 24.3 Å². The highest BCUT2D eigenvalue weighted by Gasteiger charge is 2.38. The minimum atomic E-state index is -0.636. The number of carbonyl (C=O) groups excluding carboxylic acids is 1. The van der Waals surface area contributed by atoms with E-state index in [-0.39, 0.29) is 5.78 Å². The minimum Gasteiger partial charge on any atom is -0.381 e. The molecule has 1 atom stereocenters. The lowest BCUT2D eigenvalue weighted by atomic mass is 9.72. The molecule has 1 unspecified atom stereocenters. The Hall–Kier alpha value is -1.19. The van der Waals surface area contributed by atoms with Gasteiger partial charge < -0.3 is 10.5 Å². The van der Waals surface area contributed by atoms with E-state index in [2.05, 4.69) is 18.2 Å². The number of rotatable bonds is 3. The number of ether oxygens (including phenoxy) is 1. The van der Waals surface area contributed by atoms with Gasteiger partial charge in [-0.1, -0.05) is 24.3 Å². The third kappa shape index (κ3) is 1.98. The highest BCUT2D eigenvalue weighted by Crippen LogP contribution is 2.38. The Morgan fingerprint density at radius 1 is 1.33 bits per heavy atom. The number of Topliss-reactive ketones (excluding diaryl/α,β-unsaturated/α-hetero) is 1. The van der Waals surface area contributed by atoms with Crippen LogP contribution in [0.5, 0.6) is 0 Å². The summed E-state index contributed by atoms with van der Waals surface area (Å²) in [4.78, 5) is 12.4. The lowest BCUT2D eigenvalue weighted by molar-refractivity contribution is -0.128. The van der Waals surface area contributed by atoms with Gasteiger partial charge in [0.1, 0.15) is 0 Å². The van der Waals surface area contributed by atoms with E-state index in [1.165, 1.54) is 11.1 Å². The molecule has 2 aliphatic rings. The van der Waals surface area contributed by atoms with Gasteiger partial charge in [-0.25, -0.2) is 0 Å². The van der Waals surface area contributed by atoms with Gasteiger partial charge >= 0.3 is 0 Å². The van der Waals surface area contributed by atoms with Crippen molar-refractivity contribution >= 4 is 5.78 Å². The molecule has 0 saturated carbocycles. The summed E-state index contributed by atoms with van der Waals surface area (Å²) in [5, 5.41) is 0.